The smallest absolute Gasteiger partial charge is 0.311 e. The van der Waals surface area contributed by atoms with Crippen LogP contribution in [-0.2, 0) is 43.2 Å². The van der Waals surface area contributed by atoms with Crippen molar-refractivity contribution in [2.75, 3.05) is 34.4 Å². The summed E-state index contributed by atoms with van der Waals surface area (Å²) in [5.41, 5.74) is -2.79. The number of rotatable bonds is 8. The van der Waals surface area contributed by atoms with Crippen LogP contribution in [0.3, 0.4) is 0 Å². The predicted molar refractivity (Wildman–Crippen MR) is 201 cm³/mol. The van der Waals surface area contributed by atoms with Crippen LogP contribution in [0.25, 0.3) is 0 Å². The van der Waals surface area contributed by atoms with Gasteiger partial charge >= 0.3 is 5.97 Å². The fourth-order valence-electron chi connectivity index (χ4n) is 8.38. The van der Waals surface area contributed by atoms with Gasteiger partial charge in [0.05, 0.1) is 53.0 Å². The van der Waals surface area contributed by atoms with E-state index in [0.717, 1.165) is 0 Å². The molecular weight excluding hydrogens is 720 g/mol. The van der Waals surface area contributed by atoms with Crippen LogP contribution in [0.5, 0.6) is 0 Å². The average molecular weight is 787 g/mol. The number of benzene rings is 1. The number of hydrogen-bond acceptors (Lipinski definition) is 13. The van der Waals surface area contributed by atoms with Crippen LogP contribution in [0.1, 0.15) is 87.0 Å². The Morgan fingerprint density at radius 2 is 1.61 bits per heavy atom. The molecule has 3 aliphatic heterocycles. The molecule has 14 nitrogen and oxygen atoms in total. The Labute approximate surface area is 322 Å². The molecule has 3 fully saturated rings. The van der Waals surface area contributed by atoms with Crippen molar-refractivity contribution < 1.29 is 57.0 Å². The fourth-order valence-corrected chi connectivity index (χ4v) is 10.1. The van der Waals surface area contributed by atoms with E-state index in [0.29, 0.717) is 25.7 Å². The van der Waals surface area contributed by atoms with E-state index in [2.05, 4.69) is 0 Å². The molecule has 1 aromatic rings. The summed E-state index contributed by atoms with van der Waals surface area (Å²) < 4.78 is 66.9. The minimum atomic E-state index is -3.98. The minimum absolute atomic E-state index is 0.0694. The molecule has 0 aliphatic carbocycles. The molecule has 0 aromatic heterocycles. The molecule has 0 amide bonds. The van der Waals surface area contributed by atoms with Crippen LogP contribution >= 0.6 is 0 Å². The van der Waals surface area contributed by atoms with Crippen molar-refractivity contribution in [1.82, 2.24) is 9.21 Å². The van der Waals surface area contributed by atoms with E-state index in [1.165, 1.54) is 11.4 Å². The average Bonchev–Trinajstić information content (AvgIpc) is 3.11. The summed E-state index contributed by atoms with van der Waals surface area (Å²) in [6, 6.07) is 7.18. The molecule has 4 rings (SSSR count). The zero-order chi connectivity index (χ0) is 40.2. The van der Waals surface area contributed by atoms with Gasteiger partial charge < -0.3 is 48.6 Å². The monoisotopic (exact) mass is 786 g/mol. The SMILES string of the molecule is CO[C@]1(C)C[C@H](O[C@H]2[C@H](C)[C@@H](O[C@@H]3O[C@H](C)C[C@H](N(C)C)[C@H]3O)[C@@](C)(O)C[C@@H](C)N(S(=O)(=O)c3ccccc3)CCCCCOC(=O)[C@@H]2C)O[C@@H](C)[C@@H]1O. The van der Waals surface area contributed by atoms with E-state index in [4.69, 9.17) is 28.4 Å². The molecule has 3 heterocycles. The number of carbonyl (C=O) groups is 1. The lowest BCUT2D eigenvalue weighted by molar-refractivity contribution is -0.317. The second kappa shape index (κ2) is 18.7. The highest BCUT2D eigenvalue weighted by atomic mass is 32.2. The van der Waals surface area contributed by atoms with Crippen molar-refractivity contribution in [3.63, 3.8) is 0 Å². The first-order valence-electron chi connectivity index (χ1n) is 19.4. The number of aliphatic hydroxyl groups excluding tert-OH is 2. The van der Waals surface area contributed by atoms with E-state index in [9.17, 15) is 28.5 Å². The Morgan fingerprint density at radius 3 is 2.24 bits per heavy atom. The highest BCUT2D eigenvalue weighted by Gasteiger charge is 2.51. The van der Waals surface area contributed by atoms with Crippen LogP contribution in [0.4, 0.5) is 0 Å². The summed E-state index contributed by atoms with van der Waals surface area (Å²) in [5.74, 6) is -2.20. The second-order valence-electron chi connectivity index (χ2n) is 16.4. The first-order chi connectivity index (χ1) is 25.2. The summed E-state index contributed by atoms with van der Waals surface area (Å²) >= 11 is 0. The van der Waals surface area contributed by atoms with Crippen LogP contribution in [0, 0.1) is 11.8 Å². The molecule has 54 heavy (non-hydrogen) atoms. The van der Waals surface area contributed by atoms with Gasteiger partial charge in [0, 0.05) is 38.1 Å². The van der Waals surface area contributed by atoms with E-state index in [-0.39, 0.29) is 43.0 Å². The Kier molecular flexibility index (Phi) is 15.5. The molecule has 0 bridgehead atoms. The van der Waals surface area contributed by atoms with Crippen LogP contribution in [-0.4, -0.2) is 146 Å². The van der Waals surface area contributed by atoms with Crippen molar-refractivity contribution in [2.45, 2.75) is 164 Å². The molecule has 0 radical (unpaired) electrons. The lowest BCUT2D eigenvalue weighted by atomic mass is 9.78. The Bertz CT molecular complexity index is 1450. The number of esters is 1. The third kappa shape index (κ3) is 10.4. The van der Waals surface area contributed by atoms with Gasteiger partial charge in [0.2, 0.25) is 10.0 Å². The molecule has 310 valence electrons. The highest BCUT2D eigenvalue weighted by Crippen LogP contribution is 2.39. The topological polar surface area (TPSA) is 174 Å². The number of hydrogen-bond donors (Lipinski definition) is 3. The van der Waals surface area contributed by atoms with Gasteiger partial charge in [-0.3, -0.25) is 4.79 Å². The number of sulfonamides is 1. The maximum absolute atomic E-state index is 14.2. The quantitative estimate of drug-likeness (QED) is 0.328. The van der Waals surface area contributed by atoms with Crippen molar-refractivity contribution in [3.8, 4) is 0 Å². The van der Waals surface area contributed by atoms with Gasteiger partial charge in [-0.2, -0.15) is 4.31 Å². The zero-order valence-electron chi connectivity index (χ0n) is 33.8. The third-order valence-corrected chi connectivity index (χ3v) is 13.7. The molecule has 0 spiro atoms. The summed E-state index contributed by atoms with van der Waals surface area (Å²) in [5, 5.41) is 35.2. The summed E-state index contributed by atoms with van der Waals surface area (Å²) in [6.45, 7) is 12.5. The van der Waals surface area contributed by atoms with Gasteiger partial charge in [0.1, 0.15) is 12.2 Å². The maximum atomic E-state index is 14.2. The fraction of sp³-hybridized carbons (Fsp3) is 0.821. The Hall–Kier alpha value is -1.76. The third-order valence-electron chi connectivity index (χ3n) is 11.6. The zero-order valence-corrected chi connectivity index (χ0v) is 34.6. The van der Waals surface area contributed by atoms with Gasteiger partial charge in [-0.25, -0.2) is 8.42 Å². The maximum Gasteiger partial charge on any atom is 0.311 e. The molecule has 15 heteroatoms. The van der Waals surface area contributed by atoms with Gasteiger partial charge in [0.25, 0.3) is 0 Å². The van der Waals surface area contributed by atoms with E-state index in [1.807, 2.05) is 25.9 Å². The molecule has 3 saturated heterocycles. The first-order valence-corrected chi connectivity index (χ1v) is 20.8. The molecule has 1 aromatic carbocycles. The Balaban J connectivity index is 1.80. The minimum Gasteiger partial charge on any atom is -0.465 e. The van der Waals surface area contributed by atoms with Gasteiger partial charge in [-0.05, 0) is 99.9 Å². The van der Waals surface area contributed by atoms with Crippen molar-refractivity contribution in [1.29, 1.82) is 0 Å². The normalized spacial score (nSPS) is 41.5. The molecular formula is C39H66N2O12S. The van der Waals surface area contributed by atoms with Crippen LogP contribution in [0.2, 0.25) is 0 Å². The lowest BCUT2D eigenvalue weighted by Crippen LogP contribution is -2.61. The molecule has 0 saturated carbocycles. The van der Waals surface area contributed by atoms with E-state index >= 15 is 0 Å². The standard InChI is InChI=1S/C39H66N2O12S/c1-24-22-38(6,45)35(53-37-32(42)30(40(8)9)21-25(2)50-37)26(3)33(52-31-23-39(7,48-10)34(43)28(5)51-31)27(4)36(44)49-20-16-12-15-19-41(24)54(46,47)29-17-13-11-14-18-29/h11,13-14,17-18,24-28,30-35,37,42-43,45H,12,15-16,19-23H2,1-10H3/t24-,25-,26+,27-,28+,30+,31+,32-,33+,34+,35-,37+,38+,39-/m1/s1. The van der Waals surface area contributed by atoms with Crippen LogP contribution < -0.4 is 0 Å². The van der Waals surface area contributed by atoms with Crippen molar-refractivity contribution in [2.24, 2.45) is 11.8 Å². The molecule has 3 N–H and O–H groups in total. The second-order valence-corrected chi connectivity index (χ2v) is 18.3. The number of nitrogens with zero attached hydrogens (tertiary/aromatic N) is 2. The highest BCUT2D eigenvalue weighted by molar-refractivity contribution is 7.89. The van der Waals surface area contributed by atoms with Crippen molar-refractivity contribution in [3.05, 3.63) is 30.3 Å². The van der Waals surface area contributed by atoms with E-state index < -0.39 is 88.2 Å². The Morgan fingerprint density at radius 1 is 0.944 bits per heavy atom. The van der Waals surface area contributed by atoms with Crippen LogP contribution in [0.15, 0.2) is 35.2 Å². The summed E-state index contributed by atoms with van der Waals surface area (Å²) in [6.07, 6.45) is -5.06. The molecule has 14 atom stereocenters. The summed E-state index contributed by atoms with van der Waals surface area (Å²) in [4.78, 5) is 15.8. The molecule has 0 unspecified atom stereocenters. The number of carbonyl (C=O) groups excluding carboxylic acids is 1. The molecule has 3 aliphatic rings. The number of cyclic esters (lactones) is 1. The largest absolute Gasteiger partial charge is 0.465 e. The van der Waals surface area contributed by atoms with Crippen molar-refractivity contribution >= 4 is 16.0 Å². The number of methoxy groups -OCH3 is 1. The van der Waals surface area contributed by atoms with Gasteiger partial charge in [0.15, 0.2) is 12.6 Å². The number of likely N-dealkylation sites (N-methyl/N-ethyl adjacent to an activating group) is 1. The number of aliphatic hydroxyl groups is 3. The van der Waals surface area contributed by atoms with Gasteiger partial charge in [-0.1, -0.05) is 25.1 Å². The summed E-state index contributed by atoms with van der Waals surface area (Å²) in [7, 11) is 1.25. The first kappa shape index (κ1) is 44.9. The van der Waals surface area contributed by atoms with Gasteiger partial charge in [-0.15, -0.1) is 0 Å². The lowest BCUT2D eigenvalue weighted by Gasteiger charge is -2.49. The number of ether oxygens (including phenoxy) is 6. The predicted octanol–water partition coefficient (Wildman–Crippen LogP) is 3.30. The van der Waals surface area contributed by atoms with E-state index in [1.54, 1.807) is 71.9 Å².